The number of halogens is 2. The molecule has 0 aliphatic rings. The van der Waals surface area contributed by atoms with Crippen molar-refractivity contribution in [3.05, 3.63) is 28.2 Å². The highest BCUT2D eigenvalue weighted by Crippen LogP contribution is 2.30. The van der Waals surface area contributed by atoms with Crippen molar-refractivity contribution in [2.75, 3.05) is 6.61 Å². The topological polar surface area (TPSA) is 9.23 Å². The summed E-state index contributed by atoms with van der Waals surface area (Å²) >= 11 is 6.98. The minimum absolute atomic E-state index is 0.802. The zero-order valence-corrected chi connectivity index (χ0v) is 12.1. The van der Waals surface area contributed by atoms with Crippen LogP contribution >= 0.6 is 31.9 Å². The third kappa shape index (κ3) is 4.15. The molecule has 0 aromatic heterocycles. The minimum atomic E-state index is 0.802. The van der Waals surface area contributed by atoms with Crippen LogP contribution in [-0.2, 0) is 5.33 Å². The fourth-order valence-electron chi connectivity index (χ4n) is 1.35. The Morgan fingerprint density at radius 1 is 1.27 bits per heavy atom. The first kappa shape index (κ1) is 13.0. The highest BCUT2D eigenvalue weighted by atomic mass is 79.9. The molecule has 0 bridgehead atoms. The van der Waals surface area contributed by atoms with Gasteiger partial charge in [0.1, 0.15) is 5.75 Å². The van der Waals surface area contributed by atoms with E-state index in [1.807, 2.05) is 12.1 Å². The highest BCUT2D eigenvalue weighted by molar-refractivity contribution is 9.10. The van der Waals surface area contributed by atoms with Gasteiger partial charge in [-0.15, -0.1) is 0 Å². The molecule has 15 heavy (non-hydrogen) atoms. The lowest BCUT2D eigenvalue weighted by atomic mass is 10.2. The van der Waals surface area contributed by atoms with Crippen molar-refractivity contribution in [1.82, 2.24) is 0 Å². The molecule has 0 spiro atoms. The Bertz CT molecular complexity index is 300. The van der Waals surface area contributed by atoms with Crippen molar-refractivity contribution in [1.29, 1.82) is 0 Å². The van der Waals surface area contributed by atoms with E-state index >= 15 is 0 Å². The molecular formula is C12H16Br2O. The van der Waals surface area contributed by atoms with Gasteiger partial charge in [0.25, 0.3) is 0 Å². The van der Waals surface area contributed by atoms with Crippen molar-refractivity contribution >= 4 is 31.9 Å². The lowest BCUT2D eigenvalue weighted by molar-refractivity contribution is 0.302. The molecule has 0 aliphatic heterocycles. The molecule has 0 amide bonds. The summed E-state index contributed by atoms with van der Waals surface area (Å²) in [6, 6.07) is 6.12. The summed E-state index contributed by atoms with van der Waals surface area (Å²) in [6.45, 7) is 3.00. The van der Waals surface area contributed by atoms with Gasteiger partial charge in [-0.05, 0) is 28.4 Å². The van der Waals surface area contributed by atoms with Gasteiger partial charge in [0.2, 0.25) is 0 Å². The van der Waals surface area contributed by atoms with Crippen LogP contribution in [0.25, 0.3) is 0 Å². The Morgan fingerprint density at radius 2 is 2.07 bits per heavy atom. The first-order valence-electron chi connectivity index (χ1n) is 5.25. The number of alkyl halides is 1. The summed E-state index contributed by atoms with van der Waals surface area (Å²) in [7, 11) is 0. The van der Waals surface area contributed by atoms with Gasteiger partial charge in [-0.2, -0.15) is 0 Å². The Labute approximate surface area is 108 Å². The van der Waals surface area contributed by atoms with E-state index in [9.17, 15) is 0 Å². The maximum absolute atomic E-state index is 5.78. The monoisotopic (exact) mass is 334 g/mol. The number of benzene rings is 1. The molecule has 84 valence electrons. The molecule has 1 aromatic carbocycles. The maximum Gasteiger partial charge on any atom is 0.137 e. The smallest absolute Gasteiger partial charge is 0.137 e. The number of hydrogen-bond acceptors (Lipinski definition) is 1. The molecule has 1 aromatic rings. The van der Waals surface area contributed by atoms with Gasteiger partial charge in [0.05, 0.1) is 11.1 Å². The molecule has 0 atom stereocenters. The van der Waals surface area contributed by atoms with E-state index in [-0.39, 0.29) is 0 Å². The first-order chi connectivity index (χ1) is 7.29. The van der Waals surface area contributed by atoms with Gasteiger partial charge >= 0.3 is 0 Å². The molecular weight excluding hydrogens is 320 g/mol. The van der Waals surface area contributed by atoms with Gasteiger partial charge in [-0.25, -0.2) is 0 Å². The number of unbranched alkanes of at least 4 members (excludes halogenated alkanes) is 2. The van der Waals surface area contributed by atoms with E-state index in [2.05, 4.69) is 44.8 Å². The van der Waals surface area contributed by atoms with Crippen LogP contribution in [0.15, 0.2) is 22.7 Å². The SMILES string of the molecule is CCCCCOc1c(Br)cccc1CBr. The zero-order chi connectivity index (χ0) is 11.1. The van der Waals surface area contributed by atoms with E-state index in [1.165, 1.54) is 18.4 Å². The van der Waals surface area contributed by atoms with Crippen molar-refractivity contribution in [2.24, 2.45) is 0 Å². The fraction of sp³-hybridized carbons (Fsp3) is 0.500. The van der Waals surface area contributed by atoms with E-state index < -0.39 is 0 Å². The Morgan fingerprint density at radius 3 is 2.73 bits per heavy atom. The van der Waals surface area contributed by atoms with Crippen molar-refractivity contribution < 1.29 is 4.74 Å². The highest BCUT2D eigenvalue weighted by Gasteiger charge is 2.06. The largest absolute Gasteiger partial charge is 0.492 e. The van der Waals surface area contributed by atoms with Crippen LogP contribution in [-0.4, -0.2) is 6.61 Å². The molecule has 0 N–H and O–H groups in total. The Hall–Kier alpha value is -0.0200. The lowest BCUT2D eigenvalue weighted by Gasteiger charge is -2.11. The number of rotatable bonds is 6. The third-order valence-electron chi connectivity index (χ3n) is 2.19. The molecule has 0 saturated heterocycles. The number of para-hydroxylation sites is 1. The van der Waals surface area contributed by atoms with Gasteiger partial charge in [0, 0.05) is 10.9 Å². The van der Waals surface area contributed by atoms with Crippen LogP contribution in [0.1, 0.15) is 31.7 Å². The predicted octanol–water partition coefficient (Wildman–Crippen LogP) is 4.91. The molecule has 0 heterocycles. The standard InChI is InChI=1S/C12H16Br2O/c1-2-3-4-8-15-12-10(9-13)6-5-7-11(12)14/h5-7H,2-4,8-9H2,1H3. The number of hydrogen-bond donors (Lipinski definition) is 0. The second-order valence-electron chi connectivity index (χ2n) is 3.42. The van der Waals surface area contributed by atoms with Gasteiger partial charge in [-0.1, -0.05) is 47.8 Å². The van der Waals surface area contributed by atoms with Crippen molar-refractivity contribution in [3.8, 4) is 5.75 Å². The molecule has 0 aliphatic carbocycles. The summed E-state index contributed by atoms with van der Waals surface area (Å²) in [5.74, 6) is 0.977. The predicted molar refractivity (Wildman–Crippen MR) is 71.8 cm³/mol. The molecule has 0 radical (unpaired) electrons. The molecule has 1 nitrogen and oxygen atoms in total. The van der Waals surface area contributed by atoms with Gasteiger partial charge in [-0.3, -0.25) is 0 Å². The van der Waals surface area contributed by atoms with Gasteiger partial charge < -0.3 is 4.74 Å². The van der Waals surface area contributed by atoms with Crippen LogP contribution < -0.4 is 4.74 Å². The van der Waals surface area contributed by atoms with Crippen LogP contribution in [0.5, 0.6) is 5.75 Å². The molecule has 0 fully saturated rings. The maximum atomic E-state index is 5.78. The minimum Gasteiger partial charge on any atom is -0.492 e. The first-order valence-corrected chi connectivity index (χ1v) is 7.17. The quantitative estimate of drug-likeness (QED) is 0.530. The van der Waals surface area contributed by atoms with Gasteiger partial charge in [0.15, 0.2) is 0 Å². The fourth-order valence-corrected chi connectivity index (χ4v) is 2.31. The molecule has 1 rings (SSSR count). The molecule has 0 saturated carbocycles. The summed E-state index contributed by atoms with van der Waals surface area (Å²) in [6.07, 6.45) is 3.58. The summed E-state index contributed by atoms with van der Waals surface area (Å²) in [5, 5.41) is 0.829. The summed E-state index contributed by atoms with van der Waals surface area (Å²) < 4.78 is 6.82. The van der Waals surface area contributed by atoms with Crippen LogP contribution in [0.3, 0.4) is 0 Å². The second-order valence-corrected chi connectivity index (χ2v) is 4.83. The number of ether oxygens (including phenoxy) is 1. The average Bonchev–Trinajstić information content (AvgIpc) is 2.26. The van der Waals surface area contributed by atoms with E-state index in [4.69, 9.17) is 4.74 Å². The van der Waals surface area contributed by atoms with Crippen molar-refractivity contribution in [2.45, 2.75) is 31.5 Å². The van der Waals surface area contributed by atoms with E-state index in [0.717, 1.165) is 28.6 Å². The normalized spacial score (nSPS) is 10.3. The van der Waals surface area contributed by atoms with Crippen LogP contribution in [0.2, 0.25) is 0 Å². The summed E-state index contributed by atoms with van der Waals surface area (Å²) in [4.78, 5) is 0. The van der Waals surface area contributed by atoms with E-state index in [1.54, 1.807) is 0 Å². The van der Waals surface area contributed by atoms with Crippen LogP contribution in [0.4, 0.5) is 0 Å². The van der Waals surface area contributed by atoms with Crippen molar-refractivity contribution in [3.63, 3.8) is 0 Å². The Kier molecular flexibility index (Phi) is 6.34. The molecule has 3 heteroatoms. The lowest BCUT2D eigenvalue weighted by Crippen LogP contribution is -2.00. The third-order valence-corrected chi connectivity index (χ3v) is 3.42. The summed E-state index contributed by atoms with van der Waals surface area (Å²) in [5.41, 5.74) is 1.20. The zero-order valence-electron chi connectivity index (χ0n) is 8.93. The molecule has 0 unspecified atom stereocenters. The second kappa shape index (κ2) is 7.29. The average molecular weight is 336 g/mol. The van der Waals surface area contributed by atoms with Crippen LogP contribution in [0, 0.1) is 0 Å². The Balaban J connectivity index is 2.58. The van der Waals surface area contributed by atoms with E-state index in [0.29, 0.717) is 0 Å².